The predicted octanol–water partition coefficient (Wildman–Crippen LogP) is 3.35. The molecule has 38 heavy (non-hydrogen) atoms. The molecular weight excluding hydrogens is 525 g/mol. The lowest BCUT2D eigenvalue weighted by Crippen LogP contribution is -2.09. The van der Waals surface area contributed by atoms with Crippen molar-refractivity contribution in [1.29, 1.82) is 0 Å². The Morgan fingerprint density at radius 3 is 2.16 bits per heavy atom. The molecule has 0 spiro atoms. The molecule has 2 aromatic carbocycles. The van der Waals surface area contributed by atoms with Crippen LogP contribution >= 0.6 is 0 Å². The smallest absolute Gasteiger partial charge is 0.282 e. The van der Waals surface area contributed by atoms with Crippen LogP contribution in [0.3, 0.4) is 0 Å². The second-order valence-corrected chi connectivity index (χ2v) is 11.3. The van der Waals surface area contributed by atoms with Crippen LogP contribution in [0.4, 0.5) is 0 Å². The first-order chi connectivity index (χ1) is 17.8. The second kappa shape index (κ2) is 10.5. The molecule has 12 heteroatoms. The minimum atomic E-state index is -4.70. The first-order valence-electron chi connectivity index (χ1n) is 11.2. The Labute approximate surface area is 222 Å². The molecule has 192 valence electrons. The fourth-order valence-electron chi connectivity index (χ4n) is 3.64. The average Bonchev–Trinajstić information content (AvgIpc) is 3.26. The molecule has 0 saturated heterocycles. The van der Waals surface area contributed by atoms with Gasteiger partial charge in [0.15, 0.2) is 0 Å². The van der Waals surface area contributed by atoms with Crippen molar-refractivity contribution in [2.45, 2.75) is 23.1 Å². The Morgan fingerprint density at radius 2 is 1.50 bits per heavy atom. The first-order valence-corrected chi connectivity index (χ1v) is 14.0. The Hall–Kier alpha value is -3.84. The first kappa shape index (κ1) is 27.2. The highest BCUT2D eigenvalue weighted by Gasteiger charge is 2.19. The van der Waals surface area contributed by atoms with Crippen molar-refractivity contribution in [1.82, 2.24) is 15.0 Å². The molecule has 0 fully saturated rings. The van der Waals surface area contributed by atoms with E-state index in [1.54, 1.807) is 18.2 Å². The van der Waals surface area contributed by atoms with Gasteiger partial charge >= 0.3 is 0 Å². The average molecular weight is 547 g/mol. The van der Waals surface area contributed by atoms with Gasteiger partial charge in [0.1, 0.15) is 23.3 Å². The number of rotatable bonds is 5. The minimum Gasteiger partial charge on any atom is -0.282 e. The van der Waals surface area contributed by atoms with E-state index >= 15 is 0 Å². The van der Waals surface area contributed by atoms with Gasteiger partial charge in [0.05, 0.1) is 11.4 Å². The lowest BCUT2D eigenvalue weighted by atomic mass is 9.95. The number of hydrogen-bond acceptors (Lipinski definition) is 6. The van der Waals surface area contributed by atoms with Crippen molar-refractivity contribution < 1.29 is 25.9 Å². The molecular formula is C26H22BN3O6S2. The quantitative estimate of drug-likeness (QED) is 0.282. The van der Waals surface area contributed by atoms with E-state index in [1.165, 1.54) is 41.2 Å². The SMILES string of the molecule is [B]c1ccc(/C=C/c2ccc(-n3nc4c(n3)C/C=C(C)/C=C\C(=C)/C=C\4)cc2S(=O)(=O)O)c(S(=O)(=O)O)c1. The minimum absolute atomic E-state index is 0.0636. The third kappa shape index (κ3) is 6.35. The van der Waals surface area contributed by atoms with Gasteiger partial charge in [0.2, 0.25) is 0 Å². The molecule has 2 radical (unpaired) electrons. The maximum Gasteiger partial charge on any atom is 0.295 e. The van der Waals surface area contributed by atoms with Crippen LogP contribution in [-0.2, 0) is 26.7 Å². The summed E-state index contributed by atoms with van der Waals surface area (Å²) >= 11 is 0. The predicted molar refractivity (Wildman–Crippen MR) is 147 cm³/mol. The van der Waals surface area contributed by atoms with Crippen LogP contribution in [0.1, 0.15) is 29.4 Å². The molecule has 0 atom stereocenters. The van der Waals surface area contributed by atoms with Gasteiger partial charge in [-0.2, -0.15) is 26.7 Å². The normalized spacial score (nSPS) is 17.6. The van der Waals surface area contributed by atoms with Crippen LogP contribution in [0.2, 0.25) is 0 Å². The molecule has 1 heterocycles. The summed E-state index contributed by atoms with van der Waals surface area (Å²) in [4.78, 5) is 0.376. The zero-order valence-corrected chi connectivity index (χ0v) is 21.8. The van der Waals surface area contributed by atoms with Crippen LogP contribution in [0.15, 0.2) is 88.2 Å². The zero-order chi connectivity index (χ0) is 27.7. The summed E-state index contributed by atoms with van der Waals surface area (Å²) in [7, 11) is -3.67. The fraction of sp³-hybridized carbons (Fsp3) is 0.0769. The molecule has 0 bridgehead atoms. The maximum absolute atomic E-state index is 12.2. The van der Waals surface area contributed by atoms with Gasteiger partial charge in [-0.3, -0.25) is 9.11 Å². The summed E-state index contributed by atoms with van der Waals surface area (Å²) < 4.78 is 67.4. The van der Waals surface area contributed by atoms with Gasteiger partial charge in [-0.15, -0.1) is 5.10 Å². The van der Waals surface area contributed by atoms with Crippen molar-refractivity contribution in [3.8, 4) is 5.69 Å². The van der Waals surface area contributed by atoms with E-state index in [2.05, 4.69) is 16.8 Å². The van der Waals surface area contributed by atoms with Crippen LogP contribution in [0.5, 0.6) is 0 Å². The molecule has 1 aromatic heterocycles. The molecule has 2 N–H and O–H groups in total. The van der Waals surface area contributed by atoms with Crippen LogP contribution in [-0.4, -0.2) is 48.8 Å². The molecule has 0 aliphatic heterocycles. The van der Waals surface area contributed by atoms with Gasteiger partial charge in [0, 0.05) is 6.42 Å². The van der Waals surface area contributed by atoms with E-state index < -0.39 is 30.0 Å². The fourth-order valence-corrected chi connectivity index (χ4v) is 5.07. The van der Waals surface area contributed by atoms with Crippen molar-refractivity contribution >= 4 is 51.8 Å². The topological polar surface area (TPSA) is 139 Å². The molecule has 3 aromatic rings. The van der Waals surface area contributed by atoms with Crippen LogP contribution < -0.4 is 5.46 Å². The van der Waals surface area contributed by atoms with Gasteiger partial charge < -0.3 is 0 Å². The summed E-state index contributed by atoms with van der Waals surface area (Å²) in [6, 6.07) is 8.05. The Kier molecular flexibility index (Phi) is 7.52. The summed E-state index contributed by atoms with van der Waals surface area (Å²) in [5, 5.41) is 8.97. The summed E-state index contributed by atoms with van der Waals surface area (Å²) in [6.45, 7) is 5.91. The molecule has 4 rings (SSSR count). The molecule has 0 saturated carbocycles. The highest BCUT2D eigenvalue weighted by atomic mass is 32.2. The Bertz CT molecular complexity index is 1780. The van der Waals surface area contributed by atoms with Crippen LogP contribution in [0, 0.1) is 0 Å². The lowest BCUT2D eigenvalue weighted by molar-refractivity contribution is 0.480. The summed E-state index contributed by atoms with van der Waals surface area (Å²) in [5.41, 5.74) is 3.53. The van der Waals surface area contributed by atoms with Crippen LogP contribution in [0.25, 0.3) is 23.9 Å². The molecule has 0 amide bonds. The van der Waals surface area contributed by atoms with Crippen molar-refractivity contribution in [2.75, 3.05) is 0 Å². The van der Waals surface area contributed by atoms with E-state index in [9.17, 15) is 25.9 Å². The van der Waals surface area contributed by atoms with Gasteiger partial charge in [-0.05, 0) is 47.9 Å². The third-order valence-corrected chi connectivity index (χ3v) is 7.43. The molecule has 1 aliphatic rings. The number of fused-ring (bicyclic) bond motifs is 1. The molecule has 1 aliphatic carbocycles. The largest absolute Gasteiger partial charge is 0.295 e. The highest BCUT2D eigenvalue weighted by Crippen LogP contribution is 2.24. The van der Waals surface area contributed by atoms with Crippen molar-refractivity contribution in [3.63, 3.8) is 0 Å². The summed E-state index contributed by atoms with van der Waals surface area (Å²) in [6.07, 6.45) is 12.4. The van der Waals surface area contributed by atoms with E-state index in [1.807, 2.05) is 25.2 Å². The van der Waals surface area contributed by atoms with E-state index in [0.717, 1.165) is 17.2 Å². The number of hydrogen-bond donors (Lipinski definition) is 2. The van der Waals surface area contributed by atoms with Crippen molar-refractivity contribution in [2.24, 2.45) is 0 Å². The monoisotopic (exact) mass is 547 g/mol. The zero-order valence-electron chi connectivity index (χ0n) is 20.2. The number of benzene rings is 2. The van der Waals surface area contributed by atoms with E-state index in [4.69, 9.17) is 7.85 Å². The lowest BCUT2D eigenvalue weighted by Gasteiger charge is -2.08. The number of aromatic nitrogens is 3. The van der Waals surface area contributed by atoms with Gasteiger partial charge in [-0.1, -0.05) is 72.3 Å². The standard InChI is InChI=1S/C26H22BN3O6S2/c1-17-3-4-18(2)6-14-24-23(13-5-17)28-30(29-24)22-12-10-20(26(16-22)38(34,35)36)8-7-19-9-11-21(27)15-25(19)37(31,32)33/h3-13,15-16H,1,14H2,2H3,(H,31,32,33)(H,34,35,36)/b4-3-,8-7+,13-5-,18-6+. The highest BCUT2D eigenvalue weighted by molar-refractivity contribution is 7.86. The van der Waals surface area contributed by atoms with E-state index in [-0.39, 0.29) is 22.3 Å². The van der Waals surface area contributed by atoms with Crippen molar-refractivity contribution in [3.05, 3.63) is 101 Å². The van der Waals surface area contributed by atoms with Gasteiger partial charge in [-0.25, -0.2) is 0 Å². The number of nitrogens with zero attached hydrogens (tertiary/aromatic N) is 3. The van der Waals surface area contributed by atoms with E-state index in [0.29, 0.717) is 17.8 Å². The third-order valence-electron chi connectivity index (χ3n) is 5.61. The molecule has 0 unspecified atom stereocenters. The summed E-state index contributed by atoms with van der Waals surface area (Å²) in [5.74, 6) is 0. The second-order valence-electron chi connectivity index (χ2n) is 8.52. The Balaban J connectivity index is 1.77. The van der Waals surface area contributed by atoms with Gasteiger partial charge in [0.25, 0.3) is 20.2 Å². The maximum atomic E-state index is 12.2. The Morgan fingerprint density at radius 1 is 0.895 bits per heavy atom. The molecule has 9 nitrogen and oxygen atoms in total. The number of allylic oxidation sites excluding steroid dienone is 6.